The summed E-state index contributed by atoms with van der Waals surface area (Å²) in [7, 11) is 1.59. The lowest BCUT2D eigenvalue weighted by Crippen LogP contribution is -2.27. The number of amides is 1. The Morgan fingerprint density at radius 2 is 1.97 bits per heavy atom. The second-order valence-electron chi connectivity index (χ2n) is 8.26. The van der Waals surface area contributed by atoms with Crippen LogP contribution in [0.15, 0.2) is 81.5 Å². The van der Waals surface area contributed by atoms with Crippen LogP contribution in [0.4, 0.5) is 5.69 Å². The number of anilines is 1. The van der Waals surface area contributed by atoms with Crippen LogP contribution < -0.4 is 15.5 Å². The molecule has 4 aromatic rings. The molecule has 8 nitrogen and oxygen atoms in total. The van der Waals surface area contributed by atoms with Gasteiger partial charge in [-0.1, -0.05) is 45.9 Å². The van der Waals surface area contributed by atoms with Crippen LogP contribution in [0.3, 0.4) is 0 Å². The molecule has 0 bridgehead atoms. The number of aryl methyl sites for hydroxylation is 1. The molecule has 1 atom stereocenters. The van der Waals surface area contributed by atoms with Gasteiger partial charge in [0.2, 0.25) is 0 Å². The minimum Gasteiger partial charge on any atom is -0.496 e. The first kappa shape index (κ1) is 28.1. The number of benzene rings is 3. The van der Waals surface area contributed by atoms with E-state index in [-0.39, 0.29) is 5.91 Å². The van der Waals surface area contributed by atoms with E-state index in [2.05, 4.69) is 89.7 Å². The van der Waals surface area contributed by atoms with Crippen molar-refractivity contribution in [3.05, 3.63) is 91.7 Å². The molecule has 1 amide bonds. The maximum Gasteiger partial charge on any atom is 0.253 e. The van der Waals surface area contributed by atoms with Gasteiger partial charge in [-0.15, -0.1) is 10.2 Å². The fraction of sp³-hybridized carbons (Fsp3) is 0.185. The standard InChI is InChI=1S/C27H26BrIN6O2S/c1-17-13-21(29)10-11-23(17)30-16-25-32-34-27(35(25)22-7-5-4-6-8-22)38-18(2)26(36)33-31-15-19-14-20(28)9-12-24(19)37-3/h4-15,18,30H,16H2,1-3H3,(H,33,36)/b31-15-/t18-/m0/s1. The van der Waals surface area contributed by atoms with Crippen molar-refractivity contribution >= 4 is 68.1 Å². The molecule has 1 aromatic heterocycles. The second kappa shape index (κ2) is 13.3. The number of nitrogens with zero attached hydrogens (tertiary/aromatic N) is 4. The van der Waals surface area contributed by atoms with Crippen LogP contribution in [0.2, 0.25) is 0 Å². The van der Waals surface area contributed by atoms with Gasteiger partial charge in [-0.25, -0.2) is 5.43 Å². The Bertz CT molecular complexity index is 1450. The lowest BCUT2D eigenvalue weighted by molar-refractivity contribution is -0.120. The van der Waals surface area contributed by atoms with E-state index < -0.39 is 5.25 Å². The van der Waals surface area contributed by atoms with Crippen molar-refractivity contribution in [1.29, 1.82) is 0 Å². The molecule has 11 heteroatoms. The van der Waals surface area contributed by atoms with E-state index in [0.29, 0.717) is 17.5 Å². The molecule has 4 rings (SSSR count). The Balaban J connectivity index is 1.49. The van der Waals surface area contributed by atoms with Gasteiger partial charge in [0.25, 0.3) is 5.91 Å². The van der Waals surface area contributed by atoms with Gasteiger partial charge in [0.1, 0.15) is 5.75 Å². The summed E-state index contributed by atoms with van der Waals surface area (Å²) in [6.45, 7) is 4.36. The van der Waals surface area contributed by atoms with E-state index >= 15 is 0 Å². The molecule has 0 radical (unpaired) electrons. The number of hydrogen-bond acceptors (Lipinski definition) is 7. The summed E-state index contributed by atoms with van der Waals surface area (Å²) in [5.74, 6) is 1.15. The normalized spacial score (nSPS) is 11.9. The molecule has 1 heterocycles. The van der Waals surface area contributed by atoms with Crippen molar-refractivity contribution in [2.24, 2.45) is 5.10 Å². The largest absolute Gasteiger partial charge is 0.496 e. The predicted molar refractivity (Wildman–Crippen MR) is 164 cm³/mol. The quantitative estimate of drug-likeness (QED) is 0.0885. The molecule has 3 aromatic carbocycles. The molecule has 0 saturated carbocycles. The summed E-state index contributed by atoms with van der Waals surface area (Å²) in [5.41, 5.74) is 6.47. The molecule has 0 aliphatic carbocycles. The van der Waals surface area contributed by atoms with Crippen LogP contribution in [0.25, 0.3) is 5.69 Å². The zero-order chi connectivity index (χ0) is 27.1. The summed E-state index contributed by atoms with van der Waals surface area (Å²) in [4.78, 5) is 12.8. The highest BCUT2D eigenvalue weighted by atomic mass is 127. The maximum absolute atomic E-state index is 12.8. The van der Waals surface area contributed by atoms with Crippen LogP contribution >= 0.6 is 50.3 Å². The van der Waals surface area contributed by atoms with Gasteiger partial charge in [0.05, 0.1) is 25.1 Å². The second-order valence-corrected chi connectivity index (χ2v) is 11.7. The number of aromatic nitrogens is 3. The number of hydrazone groups is 1. The van der Waals surface area contributed by atoms with Crippen LogP contribution in [0.1, 0.15) is 23.9 Å². The van der Waals surface area contributed by atoms with Crippen molar-refractivity contribution in [3.63, 3.8) is 0 Å². The Kier molecular flexibility index (Phi) is 9.80. The smallest absolute Gasteiger partial charge is 0.253 e. The summed E-state index contributed by atoms with van der Waals surface area (Å²) < 4.78 is 9.39. The highest BCUT2D eigenvalue weighted by molar-refractivity contribution is 14.1. The van der Waals surface area contributed by atoms with Crippen LogP contribution in [-0.2, 0) is 11.3 Å². The van der Waals surface area contributed by atoms with Crippen LogP contribution in [-0.4, -0.2) is 39.2 Å². The number of thioether (sulfide) groups is 1. The molecular formula is C27H26BrIN6O2S. The molecule has 0 unspecified atom stereocenters. The number of carbonyl (C=O) groups excluding carboxylic acids is 1. The summed E-state index contributed by atoms with van der Waals surface area (Å²) >= 11 is 7.06. The zero-order valence-electron chi connectivity index (χ0n) is 21.0. The van der Waals surface area contributed by atoms with E-state index in [0.717, 1.165) is 32.8 Å². The van der Waals surface area contributed by atoms with Gasteiger partial charge in [0, 0.05) is 25.0 Å². The number of carbonyl (C=O) groups is 1. The van der Waals surface area contributed by atoms with Crippen molar-refractivity contribution in [2.45, 2.75) is 30.8 Å². The van der Waals surface area contributed by atoms with Crippen molar-refractivity contribution in [1.82, 2.24) is 20.2 Å². The minimum absolute atomic E-state index is 0.253. The van der Waals surface area contributed by atoms with Gasteiger partial charge in [-0.05, 0) is 90.5 Å². The molecule has 0 spiro atoms. The van der Waals surface area contributed by atoms with E-state index in [4.69, 9.17) is 4.74 Å². The molecule has 0 saturated heterocycles. The third kappa shape index (κ3) is 7.14. The third-order valence-electron chi connectivity index (χ3n) is 5.56. The third-order valence-corrected chi connectivity index (χ3v) is 7.77. The number of nitrogens with one attached hydrogen (secondary N) is 2. The summed E-state index contributed by atoms with van der Waals surface area (Å²) in [6.07, 6.45) is 1.56. The molecule has 38 heavy (non-hydrogen) atoms. The number of ether oxygens (including phenoxy) is 1. The zero-order valence-corrected chi connectivity index (χ0v) is 25.5. The predicted octanol–water partition coefficient (Wildman–Crippen LogP) is 6.19. The fourth-order valence-electron chi connectivity index (χ4n) is 3.60. The highest BCUT2D eigenvalue weighted by Gasteiger charge is 2.21. The monoisotopic (exact) mass is 704 g/mol. The number of methoxy groups -OCH3 is 1. The minimum atomic E-state index is -0.470. The number of hydrogen-bond donors (Lipinski definition) is 2. The summed E-state index contributed by atoms with van der Waals surface area (Å²) in [6, 6.07) is 21.7. The van der Waals surface area contributed by atoms with Crippen LogP contribution in [0.5, 0.6) is 5.75 Å². The Labute approximate surface area is 247 Å². The van der Waals surface area contributed by atoms with E-state index in [1.807, 2.05) is 60.0 Å². The molecule has 0 fully saturated rings. The fourth-order valence-corrected chi connectivity index (χ4v) is 5.51. The van der Waals surface area contributed by atoms with Gasteiger partial charge < -0.3 is 10.1 Å². The van der Waals surface area contributed by atoms with Crippen molar-refractivity contribution < 1.29 is 9.53 Å². The lowest BCUT2D eigenvalue weighted by atomic mass is 10.2. The van der Waals surface area contributed by atoms with Gasteiger partial charge in [0.15, 0.2) is 11.0 Å². The van der Waals surface area contributed by atoms with E-state index in [9.17, 15) is 4.79 Å². The van der Waals surface area contributed by atoms with Gasteiger partial charge >= 0.3 is 0 Å². The van der Waals surface area contributed by atoms with Crippen LogP contribution in [0, 0.1) is 10.5 Å². The lowest BCUT2D eigenvalue weighted by Gasteiger charge is -2.14. The van der Waals surface area contributed by atoms with E-state index in [1.165, 1.54) is 15.3 Å². The van der Waals surface area contributed by atoms with Gasteiger partial charge in [-0.2, -0.15) is 5.10 Å². The Morgan fingerprint density at radius 1 is 1.18 bits per heavy atom. The molecule has 0 aliphatic rings. The van der Waals surface area contributed by atoms with Gasteiger partial charge in [-0.3, -0.25) is 9.36 Å². The van der Waals surface area contributed by atoms with E-state index in [1.54, 1.807) is 13.3 Å². The highest BCUT2D eigenvalue weighted by Crippen LogP contribution is 2.27. The SMILES string of the molecule is COc1ccc(Br)cc1/C=N\NC(=O)[C@H](C)Sc1nnc(CNc2ccc(I)cc2C)n1-c1ccccc1. The molecular weight excluding hydrogens is 679 g/mol. The van der Waals surface area contributed by atoms with Crippen molar-refractivity contribution in [3.8, 4) is 11.4 Å². The maximum atomic E-state index is 12.8. The average molecular weight is 705 g/mol. The first-order valence-corrected chi connectivity index (χ1v) is 14.4. The molecule has 0 aliphatic heterocycles. The Hall–Kier alpha value is -2.90. The first-order valence-electron chi connectivity index (χ1n) is 11.7. The number of para-hydroxylation sites is 1. The molecule has 2 N–H and O–H groups in total. The average Bonchev–Trinajstić information content (AvgIpc) is 3.30. The molecule has 196 valence electrons. The first-order chi connectivity index (χ1) is 18.4. The Morgan fingerprint density at radius 3 is 2.71 bits per heavy atom. The van der Waals surface area contributed by atoms with Crippen molar-refractivity contribution in [2.75, 3.05) is 12.4 Å². The summed E-state index contributed by atoms with van der Waals surface area (Å²) in [5, 5.41) is 16.6. The number of halogens is 2. The number of rotatable bonds is 10. The topological polar surface area (TPSA) is 93.4 Å².